The maximum Gasteiger partial charge on any atom is 0.389 e. The fourth-order valence-electron chi connectivity index (χ4n) is 0.840. The van der Waals surface area contributed by atoms with Crippen molar-refractivity contribution in [2.75, 3.05) is 0 Å². The Bertz CT molecular complexity index is 245. The monoisotopic (exact) mass is 195 g/mol. The molecule has 0 bridgehead atoms. The second-order valence-corrected chi connectivity index (χ2v) is 2.58. The molecule has 6 heteroatoms. The highest BCUT2D eigenvalue weighted by atomic mass is 19.4. The van der Waals surface area contributed by atoms with Crippen LogP contribution in [0.4, 0.5) is 13.2 Å². The van der Waals surface area contributed by atoms with Crippen LogP contribution in [0.1, 0.15) is 24.7 Å². The molecule has 0 aliphatic carbocycles. The molecule has 1 heterocycles. The predicted octanol–water partition coefficient (Wildman–Crippen LogP) is 2.05. The maximum absolute atomic E-state index is 11.7. The summed E-state index contributed by atoms with van der Waals surface area (Å²) in [6, 6.07) is 1.33. The van der Waals surface area contributed by atoms with Gasteiger partial charge in [0, 0.05) is 12.5 Å². The van der Waals surface area contributed by atoms with E-state index in [1.165, 1.54) is 12.3 Å². The summed E-state index contributed by atoms with van der Waals surface area (Å²) in [6.07, 6.45) is -5.65. The van der Waals surface area contributed by atoms with E-state index in [0.29, 0.717) is 0 Å². The molecule has 3 nitrogen and oxygen atoms in total. The summed E-state index contributed by atoms with van der Waals surface area (Å²) >= 11 is 0. The van der Waals surface area contributed by atoms with Crippen LogP contribution in [0.25, 0.3) is 0 Å². The number of aliphatic hydroxyl groups excluding tert-OH is 1. The number of rotatable bonds is 3. The smallest absolute Gasteiger partial charge is 0.385 e. The zero-order valence-electron chi connectivity index (χ0n) is 6.58. The first kappa shape index (κ1) is 10.0. The minimum absolute atomic E-state index is 0.0595. The lowest BCUT2D eigenvalue weighted by atomic mass is 10.1. The molecule has 0 saturated heterocycles. The Labute approximate surface area is 72.1 Å². The first-order chi connectivity index (χ1) is 5.99. The summed E-state index contributed by atoms with van der Waals surface area (Å²) in [5.41, 5.74) is 0. The van der Waals surface area contributed by atoms with E-state index in [4.69, 9.17) is 5.11 Å². The third kappa shape index (κ3) is 3.45. The fourth-order valence-corrected chi connectivity index (χ4v) is 0.840. The van der Waals surface area contributed by atoms with E-state index in [-0.39, 0.29) is 5.76 Å². The number of hydrogen-bond donors (Lipinski definition) is 1. The van der Waals surface area contributed by atoms with Gasteiger partial charge in [-0.2, -0.15) is 13.2 Å². The van der Waals surface area contributed by atoms with Crippen molar-refractivity contribution in [3.05, 3.63) is 18.0 Å². The minimum Gasteiger partial charge on any atom is -0.385 e. The van der Waals surface area contributed by atoms with Gasteiger partial charge in [0.1, 0.15) is 6.10 Å². The lowest BCUT2D eigenvalue weighted by molar-refractivity contribution is -0.140. The second kappa shape index (κ2) is 3.78. The van der Waals surface area contributed by atoms with E-state index in [1.807, 2.05) is 0 Å². The van der Waals surface area contributed by atoms with Gasteiger partial charge in [-0.05, 0) is 6.42 Å². The SMILES string of the molecule is O[C@@H](CCC(F)(F)F)c1ccno1. The van der Waals surface area contributed by atoms with Crippen LogP contribution >= 0.6 is 0 Å². The summed E-state index contributed by atoms with van der Waals surface area (Å²) in [7, 11) is 0. The van der Waals surface area contributed by atoms with Crippen LogP contribution in [0.5, 0.6) is 0 Å². The number of aliphatic hydroxyl groups is 1. The van der Waals surface area contributed by atoms with Gasteiger partial charge in [0.05, 0.1) is 6.20 Å². The first-order valence-corrected chi connectivity index (χ1v) is 3.64. The molecule has 0 saturated carbocycles. The molecular formula is C7H8F3NO2. The Morgan fingerprint density at radius 3 is 2.69 bits per heavy atom. The summed E-state index contributed by atoms with van der Waals surface area (Å²) in [6.45, 7) is 0. The van der Waals surface area contributed by atoms with Crippen LogP contribution in [-0.2, 0) is 0 Å². The third-order valence-electron chi connectivity index (χ3n) is 1.49. The molecule has 0 spiro atoms. The van der Waals surface area contributed by atoms with Crippen LogP contribution in [0.3, 0.4) is 0 Å². The number of alkyl halides is 3. The molecule has 0 aliphatic rings. The highest BCUT2D eigenvalue weighted by Crippen LogP contribution is 2.26. The van der Waals surface area contributed by atoms with Crippen LogP contribution in [-0.4, -0.2) is 16.4 Å². The van der Waals surface area contributed by atoms with Gasteiger partial charge >= 0.3 is 6.18 Å². The number of hydrogen-bond acceptors (Lipinski definition) is 3. The topological polar surface area (TPSA) is 46.3 Å². The zero-order chi connectivity index (χ0) is 9.90. The van der Waals surface area contributed by atoms with Crippen molar-refractivity contribution in [1.82, 2.24) is 5.16 Å². The largest absolute Gasteiger partial charge is 0.389 e. The fraction of sp³-hybridized carbons (Fsp3) is 0.571. The molecule has 1 atom stereocenters. The molecule has 0 radical (unpaired) electrons. The summed E-state index contributed by atoms with van der Waals surface area (Å²) in [4.78, 5) is 0. The molecule has 13 heavy (non-hydrogen) atoms. The van der Waals surface area contributed by atoms with Crippen LogP contribution in [0, 0.1) is 0 Å². The lowest BCUT2D eigenvalue weighted by Gasteiger charge is -2.08. The van der Waals surface area contributed by atoms with Crippen LogP contribution in [0.2, 0.25) is 0 Å². The Hall–Kier alpha value is -1.04. The van der Waals surface area contributed by atoms with Crippen molar-refractivity contribution in [2.24, 2.45) is 0 Å². The average molecular weight is 195 g/mol. The molecule has 0 aromatic carbocycles. The zero-order valence-corrected chi connectivity index (χ0v) is 6.58. The molecule has 1 rings (SSSR count). The van der Waals surface area contributed by atoms with Gasteiger partial charge in [0.2, 0.25) is 0 Å². The van der Waals surface area contributed by atoms with Gasteiger partial charge in [-0.1, -0.05) is 5.16 Å². The van der Waals surface area contributed by atoms with Crippen molar-refractivity contribution in [1.29, 1.82) is 0 Å². The van der Waals surface area contributed by atoms with E-state index in [0.717, 1.165) is 0 Å². The third-order valence-corrected chi connectivity index (χ3v) is 1.49. The Balaban J connectivity index is 2.39. The number of halogens is 3. The van der Waals surface area contributed by atoms with E-state index < -0.39 is 25.1 Å². The van der Waals surface area contributed by atoms with Gasteiger partial charge in [0.15, 0.2) is 5.76 Å². The van der Waals surface area contributed by atoms with E-state index in [1.54, 1.807) is 0 Å². The quantitative estimate of drug-likeness (QED) is 0.802. The Morgan fingerprint density at radius 1 is 1.54 bits per heavy atom. The summed E-state index contributed by atoms with van der Waals surface area (Å²) in [5, 5.41) is 12.4. The Morgan fingerprint density at radius 2 is 2.23 bits per heavy atom. The van der Waals surface area contributed by atoms with Crippen LogP contribution < -0.4 is 0 Å². The van der Waals surface area contributed by atoms with Gasteiger partial charge in [-0.25, -0.2) is 0 Å². The average Bonchev–Trinajstić information content (AvgIpc) is 2.50. The summed E-state index contributed by atoms with van der Waals surface area (Å²) < 4.78 is 39.6. The lowest BCUT2D eigenvalue weighted by Crippen LogP contribution is -2.09. The molecule has 1 aromatic heterocycles. The Kier molecular flexibility index (Phi) is 2.92. The highest BCUT2D eigenvalue weighted by molar-refractivity contribution is 4.97. The summed E-state index contributed by atoms with van der Waals surface area (Å²) in [5.74, 6) is 0.0595. The van der Waals surface area contributed by atoms with E-state index in [2.05, 4.69) is 9.68 Å². The van der Waals surface area contributed by atoms with Crippen LogP contribution in [0.15, 0.2) is 16.8 Å². The maximum atomic E-state index is 11.7. The van der Waals surface area contributed by atoms with Gasteiger partial charge in [-0.3, -0.25) is 0 Å². The molecule has 74 valence electrons. The number of nitrogens with zero attached hydrogens (tertiary/aromatic N) is 1. The molecule has 0 unspecified atom stereocenters. The van der Waals surface area contributed by atoms with Crippen molar-refractivity contribution in [3.63, 3.8) is 0 Å². The van der Waals surface area contributed by atoms with E-state index in [9.17, 15) is 13.2 Å². The second-order valence-electron chi connectivity index (χ2n) is 2.58. The minimum atomic E-state index is -4.25. The van der Waals surface area contributed by atoms with E-state index >= 15 is 0 Å². The molecular weight excluding hydrogens is 187 g/mol. The molecule has 1 N–H and O–H groups in total. The number of aromatic nitrogens is 1. The normalized spacial score (nSPS) is 14.5. The standard InChI is InChI=1S/C7H8F3NO2/c8-7(9,10)3-1-5(12)6-2-4-11-13-6/h2,4-5,12H,1,3H2/t5-/m0/s1. The molecule has 1 aromatic rings. The van der Waals surface area contributed by atoms with Gasteiger partial charge < -0.3 is 9.63 Å². The first-order valence-electron chi connectivity index (χ1n) is 3.64. The molecule has 0 fully saturated rings. The van der Waals surface area contributed by atoms with Crippen molar-refractivity contribution in [2.45, 2.75) is 25.1 Å². The van der Waals surface area contributed by atoms with Crippen molar-refractivity contribution < 1.29 is 22.8 Å². The van der Waals surface area contributed by atoms with Crippen molar-refractivity contribution in [3.8, 4) is 0 Å². The van der Waals surface area contributed by atoms with Crippen molar-refractivity contribution >= 4 is 0 Å². The molecule has 0 amide bonds. The predicted molar refractivity (Wildman–Crippen MR) is 36.8 cm³/mol. The highest BCUT2D eigenvalue weighted by Gasteiger charge is 2.28. The van der Waals surface area contributed by atoms with Gasteiger partial charge in [-0.15, -0.1) is 0 Å². The molecule has 0 aliphatic heterocycles. The van der Waals surface area contributed by atoms with Gasteiger partial charge in [0.25, 0.3) is 0 Å².